The first-order valence-corrected chi connectivity index (χ1v) is 10.9. The summed E-state index contributed by atoms with van der Waals surface area (Å²) in [5, 5.41) is 7.84. The van der Waals surface area contributed by atoms with Crippen molar-refractivity contribution in [1.82, 2.24) is 20.0 Å². The number of nitrogens with one attached hydrogen (secondary N) is 1. The number of rotatable bonds is 6. The molecule has 2 aromatic carbocycles. The molecule has 0 bridgehead atoms. The highest BCUT2D eigenvalue weighted by atomic mass is 35.5. The molecule has 1 N–H and O–H groups in total. The Labute approximate surface area is 186 Å². The zero-order valence-corrected chi connectivity index (χ0v) is 18.0. The third-order valence-electron chi connectivity index (χ3n) is 5.46. The molecule has 0 radical (unpaired) electrons. The Hall–Kier alpha value is -3.12. The number of nitrogens with zero attached hydrogens (tertiary/aromatic N) is 3. The van der Waals surface area contributed by atoms with Crippen molar-refractivity contribution in [3.8, 4) is 0 Å². The smallest absolute Gasteiger partial charge is 0.254 e. The van der Waals surface area contributed by atoms with E-state index in [1.54, 1.807) is 17.1 Å². The highest BCUT2D eigenvalue weighted by Crippen LogP contribution is 2.17. The van der Waals surface area contributed by atoms with Gasteiger partial charge in [0, 0.05) is 36.4 Å². The third kappa shape index (κ3) is 5.33. The second kappa shape index (κ2) is 9.79. The van der Waals surface area contributed by atoms with Gasteiger partial charge in [-0.2, -0.15) is 5.10 Å². The monoisotopic (exact) mass is 436 g/mol. The van der Waals surface area contributed by atoms with Crippen molar-refractivity contribution >= 4 is 23.4 Å². The minimum absolute atomic E-state index is 0.0636. The topological polar surface area (TPSA) is 67.2 Å². The number of likely N-dealkylation sites (tertiary alicyclic amines) is 1. The largest absolute Gasteiger partial charge is 0.348 e. The van der Waals surface area contributed by atoms with Crippen LogP contribution in [0.4, 0.5) is 0 Å². The van der Waals surface area contributed by atoms with Crippen LogP contribution in [0.25, 0.3) is 0 Å². The summed E-state index contributed by atoms with van der Waals surface area (Å²) in [5.74, 6) is -0.146. The predicted molar refractivity (Wildman–Crippen MR) is 120 cm³/mol. The Morgan fingerprint density at radius 2 is 1.81 bits per heavy atom. The number of carbonyl (C=O) groups excluding carboxylic acids is 2. The molecule has 31 heavy (non-hydrogen) atoms. The van der Waals surface area contributed by atoms with Crippen LogP contribution in [-0.2, 0) is 13.1 Å². The van der Waals surface area contributed by atoms with Crippen LogP contribution in [0.5, 0.6) is 0 Å². The van der Waals surface area contributed by atoms with E-state index in [9.17, 15) is 9.59 Å². The van der Waals surface area contributed by atoms with Crippen molar-refractivity contribution in [3.05, 3.63) is 88.2 Å². The molecule has 6 nitrogen and oxygen atoms in total. The van der Waals surface area contributed by atoms with Gasteiger partial charge in [0.25, 0.3) is 11.8 Å². The van der Waals surface area contributed by atoms with E-state index >= 15 is 0 Å². The Morgan fingerprint density at radius 1 is 1.00 bits per heavy atom. The van der Waals surface area contributed by atoms with Crippen LogP contribution in [0.2, 0.25) is 5.02 Å². The van der Waals surface area contributed by atoms with Crippen LogP contribution in [0.1, 0.15) is 51.1 Å². The van der Waals surface area contributed by atoms with E-state index in [0.717, 1.165) is 37.1 Å². The summed E-state index contributed by atoms with van der Waals surface area (Å²) in [5.41, 5.74) is 2.97. The molecule has 0 saturated carbocycles. The Balaban J connectivity index is 1.35. The minimum atomic E-state index is -0.210. The average molecular weight is 437 g/mol. The lowest BCUT2D eigenvalue weighted by molar-refractivity contribution is 0.0724. The van der Waals surface area contributed by atoms with Crippen LogP contribution in [0, 0.1) is 0 Å². The Bertz CT molecular complexity index is 1070. The van der Waals surface area contributed by atoms with Crippen molar-refractivity contribution in [1.29, 1.82) is 0 Å². The van der Waals surface area contributed by atoms with Gasteiger partial charge in [-0.1, -0.05) is 41.9 Å². The molecule has 0 atom stereocenters. The standard InChI is InChI=1S/C24H25ClN4O2/c25-22-10-3-2-8-20(22)16-29-17-21(15-27-29)23(30)26-14-18-7-6-9-19(13-18)24(31)28-11-4-1-5-12-28/h2-3,6-10,13,15,17H,1,4-5,11-12,14,16H2,(H,26,30). The first kappa shape index (κ1) is 21.1. The number of hydrogen-bond donors (Lipinski definition) is 1. The second-order valence-corrected chi connectivity index (χ2v) is 8.16. The molecule has 3 aromatic rings. The van der Waals surface area contributed by atoms with Crippen LogP contribution >= 0.6 is 11.6 Å². The summed E-state index contributed by atoms with van der Waals surface area (Å²) in [6, 6.07) is 15.0. The quantitative estimate of drug-likeness (QED) is 0.631. The molecular weight excluding hydrogens is 412 g/mol. The van der Waals surface area contributed by atoms with E-state index in [0.29, 0.717) is 29.2 Å². The van der Waals surface area contributed by atoms with E-state index in [2.05, 4.69) is 10.4 Å². The number of hydrogen-bond acceptors (Lipinski definition) is 3. The van der Waals surface area contributed by atoms with Crippen molar-refractivity contribution in [3.63, 3.8) is 0 Å². The summed E-state index contributed by atoms with van der Waals surface area (Å²) in [4.78, 5) is 27.2. The molecule has 2 amide bonds. The molecule has 1 aliphatic heterocycles. The van der Waals surface area contributed by atoms with Crippen LogP contribution in [0.15, 0.2) is 60.9 Å². The number of carbonyl (C=O) groups is 2. The molecule has 1 aromatic heterocycles. The lowest BCUT2D eigenvalue weighted by atomic mass is 10.1. The number of amides is 2. The molecule has 0 aliphatic carbocycles. The van der Waals surface area contributed by atoms with Crippen molar-refractivity contribution < 1.29 is 9.59 Å². The van der Waals surface area contributed by atoms with Crippen molar-refractivity contribution in [2.75, 3.05) is 13.1 Å². The molecule has 7 heteroatoms. The maximum absolute atomic E-state index is 12.7. The highest BCUT2D eigenvalue weighted by molar-refractivity contribution is 6.31. The summed E-state index contributed by atoms with van der Waals surface area (Å²) in [6.45, 7) is 2.47. The van der Waals surface area contributed by atoms with E-state index in [-0.39, 0.29) is 11.8 Å². The summed E-state index contributed by atoms with van der Waals surface area (Å²) < 4.78 is 1.69. The lowest BCUT2D eigenvalue weighted by Gasteiger charge is -2.26. The van der Waals surface area contributed by atoms with Gasteiger partial charge in [-0.3, -0.25) is 14.3 Å². The normalized spacial score (nSPS) is 13.8. The number of aromatic nitrogens is 2. The molecule has 160 valence electrons. The van der Waals surface area contributed by atoms with E-state index in [1.165, 1.54) is 6.42 Å². The predicted octanol–water partition coefficient (Wildman–Crippen LogP) is 4.14. The van der Waals surface area contributed by atoms with Gasteiger partial charge in [-0.05, 0) is 48.6 Å². The van der Waals surface area contributed by atoms with E-state index < -0.39 is 0 Å². The maximum atomic E-state index is 12.7. The van der Waals surface area contributed by atoms with Crippen molar-refractivity contribution in [2.24, 2.45) is 0 Å². The molecule has 0 unspecified atom stereocenters. The van der Waals surface area contributed by atoms with Gasteiger partial charge in [0.15, 0.2) is 0 Å². The molecule has 0 spiro atoms. The fourth-order valence-corrected chi connectivity index (χ4v) is 3.94. The fraction of sp³-hybridized carbons (Fsp3) is 0.292. The molecular formula is C24H25ClN4O2. The SMILES string of the molecule is O=C(NCc1cccc(C(=O)N2CCCCC2)c1)c1cnn(Cc2ccccc2Cl)c1. The second-order valence-electron chi connectivity index (χ2n) is 7.75. The zero-order chi connectivity index (χ0) is 21.6. The van der Waals surface area contributed by atoms with Gasteiger partial charge in [-0.25, -0.2) is 0 Å². The van der Waals surface area contributed by atoms with Crippen molar-refractivity contribution in [2.45, 2.75) is 32.4 Å². The van der Waals surface area contributed by atoms with Crippen LogP contribution in [-0.4, -0.2) is 39.6 Å². The Kier molecular flexibility index (Phi) is 6.67. The van der Waals surface area contributed by atoms with Gasteiger partial charge < -0.3 is 10.2 Å². The van der Waals surface area contributed by atoms with E-state index in [4.69, 9.17) is 11.6 Å². The van der Waals surface area contributed by atoms with Gasteiger partial charge in [-0.15, -0.1) is 0 Å². The fourth-order valence-electron chi connectivity index (χ4n) is 3.75. The lowest BCUT2D eigenvalue weighted by Crippen LogP contribution is -2.35. The first-order chi connectivity index (χ1) is 15.1. The number of benzene rings is 2. The van der Waals surface area contributed by atoms with Gasteiger partial charge in [0.2, 0.25) is 0 Å². The maximum Gasteiger partial charge on any atom is 0.254 e. The van der Waals surface area contributed by atoms with Crippen LogP contribution < -0.4 is 5.32 Å². The van der Waals surface area contributed by atoms with Crippen LogP contribution in [0.3, 0.4) is 0 Å². The first-order valence-electron chi connectivity index (χ1n) is 10.5. The third-order valence-corrected chi connectivity index (χ3v) is 5.82. The zero-order valence-electron chi connectivity index (χ0n) is 17.3. The molecule has 1 saturated heterocycles. The summed E-state index contributed by atoms with van der Waals surface area (Å²) in [7, 11) is 0. The summed E-state index contributed by atoms with van der Waals surface area (Å²) in [6.07, 6.45) is 6.56. The van der Waals surface area contributed by atoms with Gasteiger partial charge >= 0.3 is 0 Å². The van der Waals surface area contributed by atoms with Gasteiger partial charge in [0.05, 0.1) is 18.3 Å². The molecule has 1 fully saturated rings. The average Bonchev–Trinajstić information content (AvgIpc) is 3.28. The number of halogens is 1. The Morgan fingerprint density at radius 3 is 2.61 bits per heavy atom. The molecule has 2 heterocycles. The molecule has 4 rings (SSSR count). The van der Waals surface area contributed by atoms with Gasteiger partial charge in [0.1, 0.15) is 0 Å². The van der Waals surface area contributed by atoms with E-state index in [1.807, 2.05) is 53.4 Å². The summed E-state index contributed by atoms with van der Waals surface area (Å²) >= 11 is 6.20. The number of piperidine rings is 1. The molecule has 1 aliphatic rings. The minimum Gasteiger partial charge on any atom is -0.348 e. The highest BCUT2D eigenvalue weighted by Gasteiger charge is 2.18.